The Hall–Kier alpha value is -1.26. The summed E-state index contributed by atoms with van der Waals surface area (Å²) < 4.78 is 0. The highest BCUT2D eigenvalue weighted by atomic mass is 16.4. The number of carboxylic acids is 1. The van der Waals surface area contributed by atoms with Gasteiger partial charge in [-0.1, -0.05) is 6.92 Å². The number of carbonyl (C=O) groups is 2. The molecule has 0 aromatic carbocycles. The summed E-state index contributed by atoms with van der Waals surface area (Å²) >= 11 is 0. The van der Waals surface area contributed by atoms with Gasteiger partial charge >= 0.3 is 12.0 Å². The number of nitrogens with zero attached hydrogens (tertiary/aromatic N) is 2. The topological polar surface area (TPSA) is 60.9 Å². The Kier molecular flexibility index (Phi) is 4.66. The average Bonchev–Trinajstić information content (AvgIpc) is 2.69. The zero-order chi connectivity index (χ0) is 13.8. The number of hydrogen-bond acceptors (Lipinski definition) is 2. The molecule has 2 unspecified atom stereocenters. The van der Waals surface area contributed by atoms with E-state index in [0.717, 1.165) is 32.4 Å². The second-order valence-electron chi connectivity index (χ2n) is 6.00. The fraction of sp³-hybridized carbons (Fsp3) is 0.857. The molecule has 2 rings (SSSR count). The van der Waals surface area contributed by atoms with Crippen LogP contribution >= 0.6 is 0 Å². The third-order valence-corrected chi connectivity index (χ3v) is 4.31. The van der Waals surface area contributed by atoms with Gasteiger partial charge in [0.15, 0.2) is 0 Å². The first-order valence-corrected chi connectivity index (χ1v) is 7.32. The van der Waals surface area contributed by atoms with E-state index in [0.29, 0.717) is 19.0 Å². The Morgan fingerprint density at radius 1 is 1.11 bits per heavy atom. The number of likely N-dealkylation sites (tertiary alicyclic amines) is 2. The van der Waals surface area contributed by atoms with Gasteiger partial charge in [-0.25, -0.2) is 4.79 Å². The van der Waals surface area contributed by atoms with E-state index in [1.807, 2.05) is 9.80 Å². The minimum absolute atomic E-state index is 0.113. The van der Waals surface area contributed by atoms with Crippen molar-refractivity contribution in [2.75, 3.05) is 26.2 Å². The maximum Gasteiger partial charge on any atom is 0.320 e. The van der Waals surface area contributed by atoms with E-state index in [1.54, 1.807) is 0 Å². The normalized spacial score (nSPS) is 28.3. The van der Waals surface area contributed by atoms with Crippen molar-refractivity contribution in [1.29, 1.82) is 0 Å². The summed E-state index contributed by atoms with van der Waals surface area (Å²) in [6.45, 7) is 5.26. The van der Waals surface area contributed by atoms with Crippen molar-refractivity contribution in [2.45, 2.75) is 39.0 Å². The number of aliphatic carboxylic acids is 1. The summed E-state index contributed by atoms with van der Waals surface area (Å²) in [7, 11) is 0. The van der Waals surface area contributed by atoms with Crippen molar-refractivity contribution in [1.82, 2.24) is 9.80 Å². The van der Waals surface area contributed by atoms with Gasteiger partial charge in [0.2, 0.25) is 0 Å². The lowest BCUT2D eigenvalue weighted by Crippen LogP contribution is -2.42. The van der Waals surface area contributed by atoms with Crippen molar-refractivity contribution in [2.24, 2.45) is 11.8 Å². The van der Waals surface area contributed by atoms with Gasteiger partial charge in [0.1, 0.15) is 0 Å². The minimum Gasteiger partial charge on any atom is -0.481 e. The predicted octanol–water partition coefficient (Wildman–Crippen LogP) is 2.03. The molecule has 2 amide bonds. The van der Waals surface area contributed by atoms with Crippen molar-refractivity contribution in [3.8, 4) is 0 Å². The molecule has 2 aliphatic heterocycles. The molecular formula is C14H24N2O3. The smallest absolute Gasteiger partial charge is 0.320 e. The van der Waals surface area contributed by atoms with Crippen LogP contribution in [0, 0.1) is 11.8 Å². The van der Waals surface area contributed by atoms with E-state index >= 15 is 0 Å². The van der Waals surface area contributed by atoms with Gasteiger partial charge in [-0.3, -0.25) is 4.79 Å². The highest BCUT2D eigenvalue weighted by Crippen LogP contribution is 2.23. The molecule has 0 saturated carbocycles. The van der Waals surface area contributed by atoms with Crippen LogP contribution in [0.1, 0.15) is 39.0 Å². The van der Waals surface area contributed by atoms with Gasteiger partial charge in [0.25, 0.3) is 0 Å². The van der Waals surface area contributed by atoms with Gasteiger partial charge in [0, 0.05) is 32.6 Å². The van der Waals surface area contributed by atoms with Gasteiger partial charge in [-0.15, -0.1) is 0 Å². The van der Waals surface area contributed by atoms with E-state index in [4.69, 9.17) is 5.11 Å². The molecule has 0 aromatic heterocycles. The van der Waals surface area contributed by atoms with Gasteiger partial charge in [0.05, 0.1) is 0 Å². The zero-order valence-electron chi connectivity index (χ0n) is 11.7. The molecule has 0 radical (unpaired) electrons. The molecule has 2 heterocycles. The van der Waals surface area contributed by atoms with Crippen LogP contribution in [0.2, 0.25) is 0 Å². The average molecular weight is 268 g/mol. The lowest BCUT2D eigenvalue weighted by atomic mass is 10.0. The maximum absolute atomic E-state index is 12.4. The molecule has 0 aliphatic carbocycles. The van der Waals surface area contributed by atoms with Crippen LogP contribution in [0.5, 0.6) is 0 Å². The Labute approximate surface area is 114 Å². The Bertz CT molecular complexity index is 346. The summed E-state index contributed by atoms with van der Waals surface area (Å²) in [5, 5.41) is 8.80. The van der Waals surface area contributed by atoms with Crippen LogP contribution in [0.15, 0.2) is 0 Å². The van der Waals surface area contributed by atoms with Crippen LogP contribution in [-0.4, -0.2) is 53.1 Å². The SMILES string of the molecule is CC1CCCN(C(=O)N2CCC(CC(=O)O)C2)CC1. The van der Waals surface area contributed by atoms with Crippen LogP contribution < -0.4 is 0 Å². The molecule has 0 spiro atoms. The maximum atomic E-state index is 12.4. The van der Waals surface area contributed by atoms with Gasteiger partial charge < -0.3 is 14.9 Å². The molecule has 1 N–H and O–H groups in total. The van der Waals surface area contributed by atoms with E-state index in [1.165, 1.54) is 6.42 Å². The third-order valence-electron chi connectivity index (χ3n) is 4.31. The number of hydrogen-bond donors (Lipinski definition) is 1. The molecule has 5 nitrogen and oxygen atoms in total. The van der Waals surface area contributed by atoms with Crippen molar-refractivity contribution in [3.63, 3.8) is 0 Å². The van der Waals surface area contributed by atoms with Gasteiger partial charge in [-0.05, 0) is 37.5 Å². The van der Waals surface area contributed by atoms with E-state index in [2.05, 4.69) is 6.92 Å². The number of amides is 2. The standard InChI is InChI=1S/C14H24N2O3/c1-11-3-2-6-15(7-4-11)14(19)16-8-5-12(10-16)9-13(17)18/h11-12H,2-10H2,1H3,(H,17,18). The molecule has 2 saturated heterocycles. The highest BCUT2D eigenvalue weighted by Gasteiger charge is 2.30. The summed E-state index contributed by atoms with van der Waals surface area (Å²) in [5.74, 6) is 0.0754. The molecule has 2 atom stereocenters. The molecule has 5 heteroatoms. The number of carboxylic acid groups (broad SMARTS) is 1. The van der Waals surface area contributed by atoms with Crippen LogP contribution in [0.25, 0.3) is 0 Å². The first kappa shape index (κ1) is 14.2. The fourth-order valence-corrected chi connectivity index (χ4v) is 3.07. The molecular weight excluding hydrogens is 244 g/mol. The summed E-state index contributed by atoms with van der Waals surface area (Å²) in [6, 6.07) is 0.113. The second kappa shape index (κ2) is 6.26. The number of urea groups is 1. The molecule has 0 aromatic rings. The molecule has 108 valence electrons. The third kappa shape index (κ3) is 3.85. The first-order valence-electron chi connectivity index (χ1n) is 7.32. The monoisotopic (exact) mass is 268 g/mol. The lowest BCUT2D eigenvalue weighted by molar-refractivity contribution is -0.138. The summed E-state index contributed by atoms with van der Waals surface area (Å²) in [4.78, 5) is 26.9. The van der Waals surface area contributed by atoms with Crippen molar-refractivity contribution >= 4 is 12.0 Å². The predicted molar refractivity (Wildman–Crippen MR) is 71.9 cm³/mol. The summed E-state index contributed by atoms with van der Waals surface area (Å²) in [5.41, 5.74) is 0. The zero-order valence-corrected chi connectivity index (χ0v) is 11.7. The Morgan fingerprint density at radius 2 is 1.84 bits per heavy atom. The molecule has 19 heavy (non-hydrogen) atoms. The van der Waals surface area contributed by atoms with E-state index in [-0.39, 0.29) is 18.4 Å². The highest BCUT2D eigenvalue weighted by molar-refractivity contribution is 5.75. The molecule has 2 aliphatic rings. The number of carbonyl (C=O) groups excluding carboxylic acids is 1. The fourth-order valence-electron chi connectivity index (χ4n) is 3.07. The van der Waals surface area contributed by atoms with Crippen molar-refractivity contribution in [3.05, 3.63) is 0 Å². The Balaban J connectivity index is 1.84. The van der Waals surface area contributed by atoms with E-state index in [9.17, 15) is 9.59 Å². The van der Waals surface area contributed by atoms with Crippen LogP contribution in [-0.2, 0) is 4.79 Å². The van der Waals surface area contributed by atoms with Crippen molar-refractivity contribution < 1.29 is 14.7 Å². The molecule has 0 bridgehead atoms. The van der Waals surface area contributed by atoms with Gasteiger partial charge in [-0.2, -0.15) is 0 Å². The second-order valence-corrected chi connectivity index (χ2v) is 6.00. The molecule has 2 fully saturated rings. The summed E-state index contributed by atoms with van der Waals surface area (Å²) in [6.07, 6.45) is 4.37. The van der Waals surface area contributed by atoms with Crippen LogP contribution in [0.4, 0.5) is 4.79 Å². The van der Waals surface area contributed by atoms with Crippen LogP contribution in [0.3, 0.4) is 0 Å². The van der Waals surface area contributed by atoms with E-state index < -0.39 is 5.97 Å². The Morgan fingerprint density at radius 3 is 2.58 bits per heavy atom. The minimum atomic E-state index is -0.761. The number of rotatable bonds is 2. The largest absolute Gasteiger partial charge is 0.481 e. The lowest BCUT2D eigenvalue weighted by Gasteiger charge is -2.27. The quantitative estimate of drug-likeness (QED) is 0.833. The first-order chi connectivity index (χ1) is 9.06.